The molecule has 2 bridgehead atoms. The zero-order chi connectivity index (χ0) is 25.2. The van der Waals surface area contributed by atoms with Crippen molar-refractivity contribution >= 4 is 33.9 Å². The van der Waals surface area contributed by atoms with Crippen molar-refractivity contribution in [1.29, 1.82) is 0 Å². The van der Waals surface area contributed by atoms with Crippen LogP contribution in [0.4, 0.5) is 4.79 Å². The van der Waals surface area contributed by atoms with E-state index in [-0.39, 0.29) is 32.8 Å². The van der Waals surface area contributed by atoms with Crippen molar-refractivity contribution in [2.75, 3.05) is 53.0 Å². The molecule has 35 heavy (non-hydrogen) atoms. The summed E-state index contributed by atoms with van der Waals surface area (Å²) in [5, 5.41) is 10.7. The number of amides is 1. The molecule has 1 aromatic carbocycles. The fourth-order valence-electron chi connectivity index (χ4n) is 5.13. The average molecular weight is 531 g/mol. The first kappa shape index (κ1) is 26.1. The molecule has 3 aliphatic rings. The molecule has 13 heteroatoms. The van der Waals surface area contributed by atoms with Gasteiger partial charge in [-0.05, 0) is 30.5 Å². The van der Waals surface area contributed by atoms with Gasteiger partial charge in [-0.25, -0.2) is 4.79 Å². The number of rotatable bonds is 8. The Bertz CT molecular complexity index is 1020. The highest BCUT2D eigenvalue weighted by molar-refractivity contribution is 7.86. The molecule has 3 saturated heterocycles. The quantitative estimate of drug-likeness (QED) is 0.496. The third-order valence-corrected chi connectivity index (χ3v) is 9.10. The molecule has 194 valence electrons. The van der Waals surface area contributed by atoms with Crippen LogP contribution in [0.2, 0.25) is 5.02 Å². The molecular weight excluding hydrogens is 500 g/mol. The van der Waals surface area contributed by atoms with Gasteiger partial charge in [-0.15, -0.1) is 0 Å². The number of carboxylic acid groups (broad SMARTS) is 1. The number of piperazine rings is 2. The molecule has 1 amide bonds. The van der Waals surface area contributed by atoms with Crippen LogP contribution in [0.5, 0.6) is 0 Å². The fourth-order valence-corrected chi connectivity index (χ4v) is 7.05. The van der Waals surface area contributed by atoms with Crippen molar-refractivity contribution in [3.8, 4) is 0 Å². The minimum absolute atomic E-state index is 0.0469. The molecule has 11 nitrogen and oxygen atoms in total. The lowest BCUT2D eigenvalue weighted by molar-refractivity contribution is -0.145. The van der Waals surface area contributed by atoms with Crippen LogP contribution in [0.15, 0.2) is 24.3 Å². The molecule has 0 saturated carbocycles. The standard InChI is InChI=1S/C22H31ClN4O7S/c1-33-12-13-34-22(30)27-18-6-7-19(27)20(21(28)29)26(15-18)35(31,32)25-10-8-24(9-11-25)14-16-2-4-17(23)5-3-16/h2-5,18-20H,6-15H2,1H3,(H,28,29)/t18-,19+,20-/m1/s1. The largest absolute Gasteiger partial charge is 0.480 e. The first-order valence-corrected chi connectivity index (χ1v) is 13.4. The number of hydrogen-bond donors (Lipinski definition) is 1. The molecule has 3 atom stereocenters. The number of hydrogen-bond acceptors (Lipinski definition) is 7. The highest BCUT2D eigenvalue weighted by Gasteiger charge is 2.56. The Kier molecular flexibility index (Phi) is 8.19. The Balaban J connectivity index is 1.43. The molecule has 0 unspecified atom stereocenters. The number of carboxylic acids is 1. The van der Waals surface area contributed by atoms with Crippen LogP contribution >= 0.6 is 11.6 Å². The molecule has 0 aromatic heterocycles. The van der Waals surface area contributed by atoms with E-state index < -0.39 is 40.4 Å². The second-order valence-corrected chi connectivity index (χ2v) is 11.3. The smallest absolute Gasteiger partial charge is 0.410 e. The third kappa shape index (κ3) is 5.57. The highest BCUT2D eigenvalue weighted by Crippen LogP contribution is 2.37. The lowest BCUT2D eigenvalue weighted by atomic mass is 10.1. The summed E-state index contributed by atoms with van der Waals surface area (Å²) < 4.78 is 39.7. The minimum atomic E-state index is -4.03. The monoisotopic (exact) mass is 530 g/mol. The number of methoxy groups -OCH3 is 1. The van der Waals surface area contributed by atoms with Gasteiger partial charge in [0.2, 0.25) is 0 Å². The summed E-state index contributed by atoms with van der Waals surface area (Å²) in [4.78, 5) is 28.4. The van der Waals surface area contributed by atoms with Crippen LogP contribution in [-0.4, -0.2) is 115 Å². The summed E-state index contributed by atoms with van der Waals surface area (Å²) >= 11 is 5.94. The van der Waals surface area contributed by atoms with Gasteiger partial charge in [-0.1, -0.05) is 23.7 Å². The molecule has 0 aliphatic carbocycles. The number of carbonyl (C=O) groups excluding carboxylic acids is 1. The molecule has 3 fully saturated rings. The van der Waals surface area contributed by atoms with Crippen molar-refractivity contribution in [3.05, 3.63) is 34.9 Å². The number of nitrogens with zero attached hydrogens (tertiary/aromatic N) is 4. The van der Waals surface area contributed by atoms with Crippen LogP contribution in [-0.2, 0) is 31.0 Å². The van der Waals surface area contributed by atoms with Gasteiger partial charge >= 0.3 is 12.1 Å². The SMILES string of the molecule is COCCOC(=O)N1[C@@H]2CC[C@H]1[C@H](C(=O)O)N(S(=O)(=O)N1CCN(Cc3ccc(Cl)cc3)CC1)C2. The summed E-state index contributed by atoms with van der Waals surface area (Å²) in [5.41, 5.74) is 1.08. The van der Waals surface area contributed by atoms with Gasteiger partial charge < -0.3 is 14.6 Å². The van der Waals surface area contributed by atoms with Gasteiger partial charge in [-0.3, -0.25) is 14.6 Å². The van der Waals surface area contributed by atoms with Crippen molar-refractivity contribution < 1.29 is 32.6 Å². The van der Waals surface area contributed by atoms with E-state index in [1.54, 1.807) is 0 Å². The van der Waals surface area contributed by atoms with Gasteiger partial charge in [0.25, 0.3) is 10.2 Å². The van der Waals surface area contributed by atoms with Gasteiger partial charge in [0.1, 0.15) is 12.6 Å². The Hall–Kier alpha value is -1.96. The number of ether oxygens (including phenoxy) is 2. The maximum absolute atomic E-state index is 13.6. The topological polar surface area (TPSA) is 120 Å². The maximum Gasteiger partial charge on any atom is 0.410 e. The van der Waals surface area contributed by atoms with E-state index in [9.17, 15) is 23.1 Å². The van der Waals surface area contributed by atoms with Crippen LogP contribution in [0.3, 0.4) is 0 Å². The van der Waals surface area contributed by atoms with Gasteiger partial charge in [-0.2, -0.15) is 17.0 Å². The van der Waals surface area contributed by atoms with E-state index in [1.807, 2.05) is 24.3 Å². The predicted molar refractivity (Wildman–Crippen MR) is 127 cm³/mol. The summed E-state index contributed by atoms with van der Waals surface area (Å²) in [6.07, 6.45) is 0.296. The van der Waals surface area contributed by atoms with E-state index in [2.05, 4.69) is 4.90 Å². The first-order valence-electron chi connectivity index (χ1n) is 11.6. The normalized spacial score (nSPS) is 26.1. The lowest BCUT2D eigenvalue weighted by Crippen LogP contribution is -2.67. The van der Waals surface area contributed by atoms with Crippen LogP contribution in [0, 0.1) is 0 Å². The van der Waals surface area contributed by atoms with Crippen LogP contribution in [0.25, 0.3) is 0 Å². The molecule has 3 aliphatic heterocycles. The Labute approximate surface area is 210 Å². The Morgan fingerprint density at radius 3 is 2.40 bits per heavy atom. The number of halogens is 1. The highest BCUT2D eigenvalue weighted by atomic mass is 35.5. The molecule has 1 aromatic rings. The van der Waals surface area contributed by atoms with Crippen LogP contribution in [0.1, 0.15) is 18.4 Å². The molecule has 0 spiro atoms. The number of benzene rings is 1. The molecule has 4 rings (SSSR count). The summed E-state index contributed by atoms with van der Waals surface area (Å²) in [6, 6.07) is 4.97. The van der Waals surface area contributed by atoms with E-state index in [0.29, 0.717) is 37.5 Å². The van der Waals surface area contributed by atoms with Crippen molar-refractivity contribution in [3.63, 3.8) is 0 Å². The van der Waals surface area contributed by atoms with Crippen molar-refractivity contribution in [1.82, 2.24) is 18.4 Å². The third-order valence-electron chi connectivity index (χ3n) is 6.86. The maximum atomic E-state index is 13.6. The van der Waals surface area contributed by atoms with Gasteiger partial charge in [0.15, 0.2) is 0 Å². The molecule has 3 heterocycles. The molecule has 0 radical (unpaired) electrons. The molecule has 1 N–H and O–H groups in total. The van der Waals surface area contributed by atoms with Crippen LogP contribution < -0.4 is 0 Å². The fraction of sp³-hybridized carbons (Fsp3) is 0.636. The number of aliphatic carboxylic acids is 1. The van der Waals surface area contributed by atoms with E-state index >= 15 is 0 Å². The number of fused-ring (bicyclic) bond motifs is 2. The lowest BCUT2D eigenvalue weighted by Gasteiger charge is -2.45. The predicted octanol–water partition coefficient (Wildman–Crippen LogP) is 1.09. The minimum Gasteiger partial charge on any atom is -0.480 e. The van der Waals surface area contributed by atoms with E-state index in [1.165, 1.54) is 16.3 Å². The second kappa shape index (κ2) is 11.0. The molecular formula is C22H31ClN4O7S. The Morgan fingerprint density at radius 2 is 1.77 bits per heavy atom. The Morgan fingerprint density at radius 1 is 1.09 bits per heavy atom. The van der Waals surface area contributed by atoms with Gasteiger partial charge in [0, 0.05) is 57.4 Å². The van der Waals surface area contributed by atoms with Gasteiger partial charge in [0.05, 0.1) is 12.6 Å². The van der Waals surface area contributed by atoms with E-state index in [4.69, 9.17) is 21.1 Å². The zero-order valence-corrected chi connectivity index (χ0v) is 21.2. The number of carbonyl (C=O) groups is 2. The zero-order valence-electron chi connectivity index (χ0n) is 19.6. The summed E-state index contributed by atoms with van der Waals surface area (Å²) in [5.74, 6) is -1.27. The van der Waals surface area contributed by atoms with Crippen molar-refractivity contribution in [2.24, 2.45) is 0 Å². The second-order valence-electron chi connectivity index (χ2n) is 8.98. The average Bonchev–Trinajstić information content (AvgIpc) is 3.13. The summed E-state index contributed by atoms with van der Waals surface area (Å²) in [7, 11) is -2.55. The van der Waals surface area contributed by atoms with Crippen molar-refractivity contribution in [2.45, 2.75) is 37.5 Å². The summed E-state index contributed by atoms with van der Waals surface area (Å²) in [6.45, 7) is 2.45. The first-order chi connectivity index (χ1) is 16.7. The van der Waals surface area contributed by atoms with E-state index in [0.717, 1.165) is 9.87 Å².